The predicted molar refractivity (Wildman–Crippen MR) is 68.1 cm³/mol. The monoisotopic (exact) mass is 234 g/mol. The van der Waals surface area contributed by atoms with E-state index in [-0.39, 0.29) is 11.2 Å². The number of hydrogen-bond acceptors (Lipinski definition) is 2. The number of Topliss-reactive ketones (excluding diaryl/α,β-unsaturated/α-hetero) is 1. The van der Waals surface area contributed by atoms with Gasteiger partial charge in [-0.05, 0) is 32.6 Å². The molecule has 0 aliphatic heterocycles. The highest BCUT2D eigenvalue weighted by Gasteiger charge is 2.25. The zero-order valence-corrected chi connectivity index (χ0v) is 11.3. The number of hydrogen-bond donors (Lipinski definition) is 0. The molecule has 3 nitrogen and oxygen atoms in total. The van der Waals surface area contributed by atoms with E-state index < -0.39 is 0 Å². The van der Waals surface area contributed by atoms with Gasteiger partial charge in [-0.15, -0.1) is 0 Å². The van der Waals surface area contributed by atoms with Crippen LogP contribution in [0.3, 0.4) is 0 Å². The Morgan fingerprint density at radius 1 is 1.29 bits per heavy atom. The van der Waals surface area contributed by atoms with E-state index in [1.807, 2.05) is 27.7 Å². The molecule has 0 aromatic carbocycles. The summed E-state index contributed by atoms with van der Waals surface area (Å²) in [6.45, 7) is 8.43. The van der Waals surface area contributed by atoms with Crippen LogP contribution >= 0.6 is 0 Å². The Morgan fingerprint density at radius 3 is 2.59 bits per heavy atom. The van der Waals surface area contributed by atoms with Gasteiger partial charge in [0.15, 0.2) is 5.78 Å². The molecule has 17 heavy (non-hydrogen) atoms. The molecule has 0 fully saturated rings. The number of carbonyl (C=O) groups is 1. The molecule has 0 atom stereocenters. The first-order valence-electron chi connectivity index (χ1n) is 6.48. The summed E-state index contributed by atoms with van der Waals surface area (Å²) in [6.07, 6.45) is 4.61. The molecular weight excluding hydrogens is 212 g/mol. The minimum Gasteiger partial charge on any atom is -0.325 e. The van der Waals surface area contributed by atoms with E-state index in [9.17, 15) is 4.79 Å². The molecule has 0 spiro atoms. The Morgan fingerprint density at radius 2 is 1.94 bits per heavy atom. The van der Waals surface area contributed by atoms with Gasteiger partial charge in [0.1, 0.15) is 5.82 Å². The lowest BCUT2D eigenvalue weighted by molar-refractivity contribution is -0.126. The Labute approximate surface area is 103 Å². The van der Waals surface area contributed by atoms with Crippen molar-refractivity contribution in [3.63, 3.8) is 0 Å². The molecule has 1 aromatic rings. The Bertz CT molecular complexity index is 438. The number of ketones is 1. The Kier molecular flexibility index (Phi) is 3.11. The minimum absolute atomic E-state index is 0.266. The fraction of sp³-hybridized carbons (Fsp3) is 0.714. The number of nitrogens with zero attached hydrogens (tertiary/aromatic N) is 2. The van der Waals surface area contributed by atoms with Crippen molar-refractivity contribution in [3.8, 4) is 0 Å². The summed E-state index contributed by atoms with van der Waals surface area (Å²) in [5.41, 5.74) is 2.25. The van der Waals surface area contributed by atoms with Crippen molar-refractivity contribution < 1.29 is 4.79 Å². The van der Waals surface area contributed by atoms with E-state index in [0.29, 0.717) is 6.54 Å². The summed E-state index contributed by atoms with van der Waals surface area (Å²) in [5, 5.41) is 0. The Balaban J connectivity index is 2.27. The molecule has 1 heterocycles. The van der Waals surface area contributed by atoms with Crippen molar-refractivity contribution in [1.82, 2.24) is 9.55 Å². The van der Waals surface area contributed by atoms with Crippen LogP contribution in [-0.2, 0) is 24.2 Å². The minimum atomic E-state index is -0.266. The maximum absolute atomic E-state index is 12.1. The molecule has 0 amide bonds. The van der Waals surface area contributed by atoms with Gasteiger partial charge in [0, 0.05) is 11.1 Å². The molecule has 0 saturated carbocycles. The summed E-state index contributed by atoms with van der Waals surface area (Å²) in [5.74, 6) is 1.28. The van der Waals surface area contributed by atoms with Crippen LogP contribution in [0.25, 0.3) is 0 Å². The fourth-order valence-corrected chi connectivity index (χ4v) is 2.33. The first-order valence-corrected chi connectivity index (χ1v) is 6.48. The summed E-state index contributed by atoms with van der Waals surface area (Å²) >= 11 is 0. The molecule has 1 aromatic heterocycles. The lowest BCUT2D eigenvalue weighted by Gasteiger charge is -2.20. The highest BCUT2D eigenvalue weighted by Crippen LogP contribution is 2.24. The highest BCUT2D eigenvalue weighted by molar-refractivity contribution is 5.83. The number of aryl methyl sites for hydroxylation is 2. The van der Waals surface area contributed by atoms with Crippen LogP contribution in [0, 0.1) is 12.3 Å². The van der Waals surface area contributed by atoms with Crippen LogP contribution in [0.15, 0.2) is 0 Å². The third-order valence-electron chi connectivity index (χ3n) is 3.56. The summed E-state index contributed by atoms with van der Waals surface area (Å²) in [4.78, 5) is 16.7. The molecule has 0 saturated heterocycles. The zero-order valence-electron chi connectivity index (χ0n) is 11.3. The summed E-state index contributed by atoms with van der Waals surface area (Å²) in [7, 11) is 0. The molecule has 0 bridgehead atoms. The van der Waals surface area contributed by atoms with E-state index in [0.717, 1.165) is 18.7 Å². The number of rotatable bonds is 2. The third-order valence-corrected chi connectivity index (χ3v) is 3.56. The van der Waals surface area contributed by atoms with Gasteiger partial charge in [-0.25, -0.2) is 4.98 Å². The second kappa shape index (κ2) is 4.28. The van der Waals surface area contributed by atoms with E-state index in [2.05, 4.69) is 9.55 Å². The smallest absolute Gasteiger partial charge is 0.157 e. The quantitative estimate of drug-likeness (QED) is 0.788. The normalized spacial score (nSPS) is 15.8. The lowest BCUT2D eigenvalue weighted by Crippen LogP contribution is -2.26. The van der Waals surface area contributed by atoms with E-state index >= 15 is 0 Å². The first kappa shape index (κ1) is 12.3. The van der Waals surface area contributed by atoms with Gasteiger partial charge in [0.2, 0.25) is 0 Å². The molecule has 1 aliphatic carbocycles. The molecule has 0 radical (unpaired) electrons. The van der Waals surface area contributed by atoms with Crippen LogP contribution in [-0.4, -0.2) is 15.3 Å². The molecule has 0 unspecified atom stereocenters. The van der Waals surface area contributed by atoms with Crippen molar-refractivity contribution in [1.29, 1.82) is 0 Å². The largest absolute Gasteiger partial charge is 0.325 e. The first-order chi connectivity index (χ1) is 7.89. The van der Waals surface area contributed by atoms with Gasteiger partial charge in [0.05, 0.1) is 12.2 Å². The molecule has 0 N–H and O–H groups in total. The standard InChI is InChI=1S/C14H22N2O/c1-10-15-11-7-5-6-8-12(11)16(10)9-13(17)14(2,3)4/h5-9H2,1-4H3. The van der Waals surface area contributed by atoms with Crippen LogP contribution in [0.1, 0.15) is 50.8 Å². The molecule has 2 rings (SSSR count). The Hall–Kier alpha value is -1.12. The topological polar surface area (TPSA) is 34.9 Å². The number of fused-ring (bicyclic) bond motifs is 1. The van der Waals surface area contributed by atoms with Crippen molar-refractivity contribution in [2.24, 2.45) is 5.41 Å². The van der Waals surface area contributed by atoms with Crippen molar-refractivity contribution in [2.75, 3.05) is 0 Å². The van der Waals surface area contributed by atoms with Crippen molar-refractivity contribution in [3.05, 3.63) is 17.2 Å². The SMILES string of the molecule is Cc1nc2c(n1CC(=O)C(C)(C)C)CCCC2. The van der Waals surface area contributed by atoms with Crippen molar-refractivity contribution >= 4 is 5.78 Å². The number of imidazole rings is 1. The van der Waals surface area contributed by atoms with Gasteiger partial charge in [-0.3, -0.25) is 4.79 Å². The molecule has 1 aliphatic rings. The summed E-state index contributed by atoms with van der Waals surface area (Å²) < 4.78 is 2.13. The van der Waals surface area contributed by atoms with Gasteiger partial charge in [-0.2, -0.15) is 0 Å². The van der Waals surface area contributed by atoms with Crippen molar-refractivity contribution in [2.45, 2.75) is 59.9 Å². The van der Waals surface area contributed by atoms with Crippen LogP contribution in [0.2, 0.25) is 0 Å². The maximum Gasteiger partial charge on any atom is 0.157 e. The average Bonchev–Trinajstić information content (AvgIpc) is 2.54. The van der Waals surface area contributed by atoms with Crippen LogP contribution in [0.5, 0.6) is 0 Å². The van der Waals surface area contributed by atoms with E-state index in [1.54, 1.807) is 0 Å². The van der Waals surface area contributed by atoms with Gasteiger partial charge in [-0.1, -0.05) is 20.8 Å². The van der Waals surface area contributed by atoms with Crippen LogP contribution in [0.4, 0.5) is 0 Å². The lowest BCUT2D eigenvalue weighted by atomic mass is 9.90. The summed E-state index contributed by atoms with van der Waals surface area (Å²) in [6, 6.07) is 0. The second-order valence-electron chi connectivity index (χ2n) is 6.02. The predicted octanol–water partition coefficient (Wildman–Crippen LogP) is 2.69. The van der Waals surface area contributed by atoms with Crippen LogP contribution < -0.4 is 0 Å². The number of carbonyl (C=O) groups excluding carboxylic acids is 1. The van der Waals surface area contributed by atoms with E-state index in [1.165, 1.54) is 24.2 Å². The zero-order chi connectivity index (χ0) is 12.6. The van der Waals surface area contributed by atoms with Gasteiger partial charge < -0.3 is 4.57 Å². The molecule has 3 heteroatoms. The van der Waals surface area contributed by atoms with Gasteiger partial charge in [0.25, 0.3) is 0 Å². The fourth-order valence-electron chi connectivity index (χ4n) is 2.33. The maximum atomic E-state index is 12.1. The third kappa shape index (κ3) is 2.43. The number of aromatic nitrogens is 2. The average molecular weight is 234 g/mol. The van der Waals surface area contributed by atoms with E-state index in [4.69, 9.17) is 0 Å². The molecular formula is C14H22N2O. The second-order valence-corrected chi connectivity index (χ2v) is 6.02. The molecule has 94 valence electrons. The van der Waals surface area contributed by atoms with Gasteiger partial charge >= 0.3 is 0 Å². The highest BCUT2D eigenvalue weighted by atomic mass is 16.1.